The Morgan fingerprint density at radius 1 is 1.11 bits per heavy atom. The van der Waals surface area contributed by atoms with Crippen molar-refractivity contribution in [1.82, 2.24) is 24.7 Å². The predicted octanol–water partition coefficient (Wildman–Crippen LogP) is 5.99. The molecular formula is C24H26ClF3N6O2Si. The molecule has 0 aliphatic rings. The van der Waals surface area contributed by atoms with Crippen LogP contribution in [0.25, 0.3) is 22.0 Å². The number of aromatic nitrogens is 5. The van der Waals surface area contributed by atoms with E-state index >= 15 is 4.39 Å². The largest absolute Gasteiger partial charge is 0.482 e. The smallest absolute Gasteiger partial charge is 0.191 e. The van der Waals surface area contributed by atoms with Crippen LogP contribution in [-0.4, -0.2) is 39.4 Å². The number of fused-ring (bicyclic) bond motifs is 1. The monoisotopic (exact) mass is 550 g/mol. The van der Waals surface area contributed by atoms with Crippen LogP contribution in [0.5, 0.6) is 5.75 Å². The highest BCUT2D eigenvalue weighted by Gasteiger charge is 2.24. The van der Waals surface area contributed by atoms with Crippen molar-refractivity contribution in [3.63, 3.8) is 0 Å². The first-order chi connectivity index (χ1) is 17.5. The highest BCUT2D eigenvalue weighted by atomic mass is 35.5. The SMILES string of the molecule is CC(Oc1cc(F)c(-c2ccc(F)c(Cl)c2F)c2ncnc(N)c12)c1ncn(COCC[Si](C)(C)C)n1. The van der Waals surface area contributed by atoms with Gasteiger partial charge < -0.3 is 15.2 Å². The molecule has 4 rings (SSSR count). The minimum atomic E-state index is -1.20. The van der Waals surface area contributed by atoms with E-state index in [-0.39, 0.29) is 40.3 Å². The van der Waals surface area contributed by atoms with E-state index in [4.69, 9.17) is 26.8 Å². The van der Waals surface area contributed by atoms with E-state index in [9.17, 15) is 8.78 Å². The minimum absolute atomic E-state index is 0.0122. The zero-order chi connectivity index (χ0) is 26.9. The van der Waals surface area contributed by atoms with Gasteiger partial charge in [-0.3, -0.25) is 0 Å². The molecule has 0 amide bonds. The maximum atomic E-state index is 15.4. The number of hydrogen-bond acceptors (Lipinski definition) is 7. The highest BCUT2D eigenvalue weighted by Crippen LogP contribution is 2.41. The summed E-state index contributed by atoms with van der Waals surface area (Å²) in [6.07, 6.45) is 1.92. The van der Waals surface area contributed by atoms with Gasteiger partial charge in [0.05, 0.1) is 10.9 Å². The molecular weight excluding hydrogens is 525 g/mol. The molecule has 2 N–H and O–H groups in total. The average molecular weight is 551 g/mol. The number of halogens is 4. The van der Waals surface area contributed by atoms with Gasteiger partial charge >= 0.3 is 0 Å². The van der Waals surface area contributed by atoms with Crippen molar-refractivity contribution in [2.24, 2.45) is 0 Å². The summed E-state index contributed by atoms with van der Waals surface area (Å²) in [6, 6.07) is 4.10. The Labute approximate surface area is 217 Å². The Balaban J connectivity index is 1.63. The molecule has 196 valence electrons. The Morgan fingerprint density at radius 2 is 1.86 bits per heavy atom. The summed E-state index contributed by atoms with van der Waals surface area (Å²) in [5.41, 5.74) is 5.53. The molecule has 13 heteroatoms. The van der Waals surface area contributed by atoms with Gasteiger partial charge in [0.15, 0.2) is 17.7 Å². The molecule has 2 aromatic heterocycles. The van der Waals surface area contributed by atoms with Gasteiger partial charge in [-0.25, -0.2) is 32.8 Å². The van der Waals surface area contributed by atoms with Crippen LogP contribution in [0.2, 0.25) is 30.7 Å². The van der Waals surface area contributed by atoms with Crippen molar-refractivity contribution in [3.8, 4) is 16.9 Å². The molecule has 0 saturated carbocycles. The summed E-state index contributed by atoms with van der Waals surface area (Å²) >= 11 is 5.72. The first-order valence-electron chi connectivity index (χ1n) is 11.5. The third kappa shape index (κ3) is 5.86. The van der Waals surface area contributed by atoms with Crippen LogP contribution >= 0.6 is 11.6 Å². The number of anilines is 1. The molecule has 0 saturated heterocycles. The van der Waals surface area contributed by atoms with Gasteiger partial charge in [0.1, 0.15) is 47.6 Å². The van der Waals surface area contributed by atoms with Crippen molar-refractivity contribution in [2.75, 3.05) is 12.3 Å². The lowest BCUT2D eigenvalue weighted by atomic mass is 10.00. The molecule has 0 fully saturated rings. The van der Waals surface area contributed by atoms with Gasteiger partial charge in [-0.2, -0.15) is 0 Å². The van der Waals surface area contributed by atoms with Crippen LogP contribution in [0.4, 0.5) is 19.0 Å². The fourth-order valence-electron chi connectivity index (χ4n) is 3.61. The second-order valence-corrected chi connectivity index (χ2v) is 15.7. The van der Waals surface area contributed by atoms with Crippen LogP contribution in [0.15, 0.2) is 30.9 Å². The zero-order valence-electron chi connectivity index (χ0n) is 20.7. The highest BCUT2D eigenvalue weighted by molar-refractivity contribution is 6.76. The summed E-state index contributed by atoms with van der Waals surface area (Å²) in [6.45, 7) is 9.36. The van der Waals surface area contributed by atoms with Gasteiger partial charge in [0.2, 0.25) is 0 Å². The van der Waals surface area contributed by atoms with E-state index in [1.807, 2.05) is 0 Å². The zero-order valence-corrected chi connectivity index (χ0v) is 22.5. The summed E-state index contributed by atoms with van der Waals surface area (Å²) in [5.74, 6) is -2.64. The van der Waals surface area contributed by atoms with Crippen LogP contribution in [-0.2, 0) is 11.5 Å². The molecule has 1 unspecified atom stereocenters. The molecule has 0 aliphatic heterocycles. The maximum absolute atomic E-state index is 15.4. The average Bonchev–Trinajstić information content (AvgIpc) is 3.30. The second kappa shape index (κ2) is 10.6. The van der Waals surface area contributed by atoms with Crippen LogP contribution in [0.1, 0.15) is 18.9 Å². The van der Waals surface area contributed by atoms with Crippen molar-refractivity contribution in [1.29, 1.82) is 0 Å². The Hall–Kier alpha value is -3.22. The number of ether oxygens (including phenoxy) is 2. The van der Waals surface area contributed by atoms with Gasteiger partial charge in [-0.15, -0.1) is 5.10 Å². The quantitative estimate of drug-likeness (QED) is 0.155. The van der Waals surface area contributed by atoms with Crippen molar-refractivity contribution in [2.45, 2.75) is 45.4 Å². The number of nitrogens with two attached hydrogens (primary N) is 1. The van der Waals surface area contributed by atoms with Crippen LogP contribution in [0.3, 0.4) is 0 Å². The summed E-state index contributed by atoms with van der Waals surface area (Å²) in [7, 11) is -1.20. The molecule has 4 aromatic rings. The van der Waals surface area contributed by atoms with Crippen molar-refractivity contribution >= 4 is 36.4 Å². The molecule has 37 heavy (non-hydrogen) atoms. The van der Waals surface area contributed by atoms with Crippen LogP contribution < -0.4 is 10.5 Å². The van der Waals surface area contributed by atoms with Gasteiger partial charge in [-0.05, 0) is 25.1 Å². The third-order valence-corrected chi connectivity index (χ3v) is 7.65. The Kier molecular flexibility index (Phi) is 7.71. The minimum Gasteiger partial charge on any atom is -0.482 e. The molecule has 0 radical (unpaired) electrons. The van der Waals surface area contributed by atoms with Gasteiger partial charge in [0, 0.05) is 31.9 Å². The second-order valence-electron chi connectivity index (χ2n) is 9.69. The normalized spacial score (nSPS) is 12.8. The number of rotatable bonds is 9. The van der Waals surface area contributed by atoms with E-state index in [0.717, 1.165) is 30.6 Å². The third-order valence-electron chi connectivity index (χ3n) is 5.60. The standard InChI is InChI=1S/C24H26ClF3N6O2Si/c1-13(24-32-11-34(33-24)12-35-7-8-37(2,3)4)36-17-9-16(27)18(22-19(17)23(29)31-10-30-22)14-5-6-15(26)20(25)21(14)28/h5-6,9-11,13H,7-8,12H2,1-4H3,(H2,29,30,31). The van der Waals surface area contributed by atoms with E-state index in [1.54, 1.807) is 11.6 Å². The van der Waals surface area contributed by atoms with Crippen LogP contribution in [0, 0.1) is 17.5 Å². The van der Waals surface area contributed by atoms with Gasteiger partial charge in [0.25, 0.3) is 0 Å². The molecule has 1 atom stereocenters. The number of nitrogen functional groups attached to an aromatic ring is 1. The molecule has 0 bridgehead atoms. The lowest BCUT2D eigenvalue weighted by molar-refractivity contribution is 0.0774. The first kappa shape index (κ1) is 26.8. The molecule has 0 spiro atoms. The topological polar surface area (TPSA) is 101 Å². The lowest BCUT2D eigenvalue weighted by Gasteiger charge is -2.17. The van der Waals surface area contributed by atoms with E-state index in [0.29, 0.717) is 12.4 Å². The summed E-state index contributed by atoms with van der Waals surface area (Å²) in [5, 5.41) is 3.77. The fourth-order valence-corrected chi connectivity index (χ4v) is 4.53. The number of benzene rings is 2. The summed E-state index contributed by atoms with van der Waals surface area (Å²) < 4.78 is 57.1. The maximum Gasteiger partial charge on any atom is 0.191 e. The van der Waals surface area contributed by atoms with Gasteiger partial charge in [-0.1, -0.05) is 31.2 Å². The van der Waals surface area contributed by atoms with E-state index in [2.05, 4.69) is 39.7 Å². The predicted molar refractivity (Wildman–Crippen MR) is 137 cm³/mol. The van der Waals surface area contributed by atoms with Crippen molar-refractivity contribution < 1.29 is 22.6 Å². The molecule has 8 nitrogen and oxygen atoms in total. The Bertz CT molecular complexity index is 1450. The number of nitrogens with zero attached hydrogens (tertiary/aromatic N) is 5. The lowest BCUT2D eigenvalue weighted by Crippen LogP contribution is -2.22. The Morgan fingerprint density at radius 3 is 2.59 bits per heavy atom. The first-order valence-corrected chi connectivity index (χ1v) is 15.5. The summed E-state index contributed by atoms with van der Waals surface area (Å²) in [4.78, 5) is 12.3. The van der Waals surface area contributed by atoms with E-state index < -0.39 is 36.7 Å². The molecule has 2 heterocycles. The molecule has 0 aliphatic carbocycles. The van der Waals surface area contributed by atoms with Crippen molar-refractivity contribution in [3.05, 3.63) is 59.2 Å². The fraction of sp³-hybridized carbons (Fsp3) is 0.333. The van der Waals surface area contributed by atoms with E-state index in [1.165, 1.54) is 6.33 Å². The number of hydrogen-bond donors (Lipinski definition) is 1. The molecule has 2 aromatic carbocycles.